The van der Waals surface area contributed by atoms with Crippen LogP contribution in [0.15, 0.2) is 30.3 Å². The van der Waals surface area contributed by atoms with Gasteiger partial charge in [-0.05, 0) is 44.5 Å². The minimum atomic E-state index is -0.0184. The molecule has 0 unspecified atom stereocenters. The van der Waals surface area contributed by atoms with Crippen molar-refractivity contribution in [2.24, 2.45) is 0 Å². The van der Waals surface area contributed by atoms with Crippen molar-refractivity contribution in [1.82, 2.24) is 20.0 Å². The van der Waals surface area contributed by atoms with Crippen LogP contribution in [0, 0.1) is 0 Å². The van der Waals surface area contributed by atoms with Crippen molar-refractivity contribution >= 4 is 5.91 Å². The molecule has 2 fully saturated rings. The summed E-state index contributed by atoms with van der Waals surface area (Å²) in [4.78, 5) is 17.1. The second kappa shape index (κ2) is 6.52. The molecule has 0 spiro atoms. The van der Waals surface area contributed by atoms with Crippen LogP contribution >= 0.6 is 0 Å². The Balaban J connectivity index is 1.41. The fraction of sp³-hybridized carbons (Fsp3) is 0.474. The number of amides is 1. The number of nitrogens with zero attached hydrogens (tertiary/aromatic N) is 3. The molecule has 1 aromatic heterocycles. The molecule has 1 aromatic carbocycles. The van der Waals surface area contributed by atoms with E-state index >= 15 is 0 Å². The Bertz CT molecular complexity index is 766. The molecular weight excluding hydrogens is 316 g/mol. The van der Waals surface area contributed by atoms with Gasteiger partial charge in [0.05, 0.1) is 5.69 Å². The number of aromatic nitrogens is 2. The monoisotopic (exact) mass is 340 g/mol. The molecule has 3 heterocycles. The van der Waals surface area contributed by atoms with Gasteiger partial charge in [0.2, 0.25) is 0 Å². The second-order valence-corrected chi connectivity index (χ2v) is 7.13. The lowest BCUT2D eigenvalue weighted by Gasteiger charge is -2.49. The summed E-state index contributed by atoms with van der Waals surface area (Å²) >= 11 is 0. The van der Waals surface area contributed by atoms with E-state index in [9.17, 15) is 9.90 Å². The molecule has 4 rings (SSSR count). The third-order valence-corrected chi connectivity index (χ3v) is 5.46. The largest absolute Gasteiger partial charge is 0.507 e. The van der Waals surface area contributed by atoms with E-state index in [1.165, 1.54) is 19.3 Å². The molecular formula is C19H24N4O2. The SMILES string of the molecule is C[C@@H]1CCCCN1C1CN(C(=O)c2cc(-c3ccccc3O)n[nH]2)C1. The highest BCUT2D eigenvalue weighted by molar-refractivity contribution is 5.94. The minimum absolute atomic E-state index is 0.0184. The Kier molecular flexibility index (Phi) is 4.21. The van der Waals surface area contributed by atoms with Gasteiger partial charge in [-0.15, -0.1) is 0 Å². The lowest BCUT2D eigenvalue weighted by Crippen LogP contribution is -2.63. The van der Waals surface area contributed by atoms with Crippen LogP contribution in [0.3, 0.4) is 0 Å². The average molecular weight is 340 g/mol. The van der Waals surface area contributed by atoms with E-state index in [0.717, 1.165) is 19.6 Å². The number of para-hydroxylation sites is 1. The molecule has 0 saturated carbocycles. The smallest absolute Gasteiger partial charge is 0.271 e. The van der Waals surface area contributed by atoms with E-state index in [4.69, 9.17) is 0 Å². The molecule has 0 bridgehead atoms. The van der Waals surface area contributed by atoms with Crippen LogP contribution in [0.1, 0.15) is 36.7 Å². The van der Waals surface area contributed by atoms with Gasteiger partial charge in [0.15, 0.2) is 0 Å². The summed E-state index contributed by atoms with van der Waals surface area (Å²) in [6, 6.07) is 9.83. The summed E-state index contributed by atoms with van der Waals surface area (Å²) in [5, 5.41) is 16.9. The number of carbonyl (C=O) groups is 1. The lowest BCUT2D eigenvalue weighted by molar-refractivity contribution is 0.00181. The topological polar surface area (TPSA) is 72.5 Å². The average Bonchev–Trinajstić information content (AvgIpc) is 3.05. The van der Waals surface area contributed by atoms with Gasteiger partial charge in [-0.3, -0.25) is 14.8 Å². The molecule has 1 amide bonds. The molecule has 0 aliphatic carbocycles. The summed E-state index contributed by atoms with van der Waals surface area (Å²) in [5.74, 6) is 0.145. The standard InChI is InChI=1S/C19H24N4O2/c1-13-6-4-5-9-23(13)14-11-22(12-14)19(25)17-10-16(20-21-17)15-7-2-3-8-18(15)24/h2-3,7-8,10,13-14,24H,4-6,9,11-12H2,1H3,(H,20,21)/t13-/m1/s1. The van der Waals surface area contributed by atoms with E-state index in [1.807, 2.05) is 11.0 Å². The molecule has 2 saturated heterocycles. The Morgan fingerprint density at radius 2 is 2.08 bits per heavy atom. The molecule has 132 valence electrons. The Morgan fingerprint density at radius 1 is 1.28 bits per heavy atom. The predicted molar refractivity (Wildman–Crippen MR) is 95.4 cm³/mol. The third-order valence-electron chi connectivity index (χ3n) is 5.46. The van der Waals surface area contributed by atoms with E-state index in [1.54, 1.807) is 24.3 Å². The van der Waals surface area contributed by atoms with Crippen molar-refractivity contribution in [3.8, 4) is 17.0 Å². The number of nitrogens with one attached hydrogen (secondary N) is 1. The minimum Gasteiger partial charge on any atom is -0.507 e. The molecule has 6 nitrogen and oxygen atoms in total. The lowest BCUT2D eigenvalue weighted by atomic mass is 9.97. The summed E-state index contributed by atoms with van der Waals surface area (Å²) in [6.45, 7) is 5.01. The number of hydrogen-bond acceptors (Lipinski definition) is 4. The van der Waals surface area contributed by atoms with Gasteiger partial charge in [0, 0.05) is 30.7 Å². The maximum atomic E-state index is 12.6. The highest BCUT2D eigenvalue weighted by Crippen LogP contribution is 2.29. The molecule has 2 aromatic rings. The number of aromatic amines is 1. The highest BCUT2D eigenvalue weighted by Gasteiger charge is 2.38. The first-order valence-electron chi connectivity index (χ1n) is 9.02. The van der Waals surface area contributed by atoms with Crippen molar-refractivity contribution in [3.05, 3.63) is 36.0 Å². The van der Waals surface area contributed by atoms with Gasteiger partial charge in [0.25, 0.3) is 5.91 Å². The van der Waals surface area contributed by atoms with E-state index in [-0.39, 0.29) is 11.7 Å². The van der Waals surface area contributed by atoms with E-state index < -0.39 is 0 Å². The number of benzene rings is 1. The number of rotatable bonds is 3. The first-order chi connectivity index (χ1) is 12.1. The zero-order chi connectivity index (χ0) is 17.4. The zero-order valence-electron chi connectivity index (χ0n) is 14.5. The quantitative estimate of drug-likeness (QED) is 0.900. The number of H-pyrrole nitrogens is 1. The highest BCUT2D eigenvalue weighted by atomic mass is 16.3. The van der Waals surface area contributed by atoms with Crippen LogP contribution in [0.4, 0.5) is 0 Å². The second-order valence-electron chi connectivity index (χ2n) is 7.13. The van der Waals surface area contributed by atoms with Crippen LogP contribution in [-0.4, -0.2) is 62.7 Å². The van der Waals surface area contributed by atoms with Crippen LogP contribution in [0.2, 0.25) is 0 Å². The van der Waals surface area contributed by atoms with Crippen molar-refractivity contribution in [2.45, 2.75) is 38.3 Å². The van der Waals surface area contributed by atoms with Crippen molar-refractivity contribution in [2.75, 3.05) is 19.6 Å². The first kappa shape index (κ1) is 16.1. The zero-order valence-corrected chi connectivity index (χ0v) is 14.5. The number of phenols is 1. The van der Waals surface area contributed by atoms with Gasteiger partial charge >= 0.3 is 0 Å². The van der Waals surface area contributed by atoms with Crippen molar-refractivity contribution in [3.63, 3.8) is 0 Å². The number of piperidine rings is 1. The molecule has 2 aliphatic rings. The van der Waals surface area contributed by atoms with Crippen LogP contribution in [0.25, 0.3) is 11.3 Å². The van der Waals surface area contributed by atoms with Gasteiger partial charge in [-0.25, -0.2) is 0 Å². The molecule has 2 aliphatic heterocycles. The fourth-order valence-corrected chi connectivity index (χ4v) is 3.92. The summed E-state index contributed by atoms with van der Waals surface area (Å²) in [7, 11) is 0. The number of carbonyl (C=O) groups excluding carboxylic acids is 1. The third kappa shape index (κ3) is 3.02. The summed E-state index contributed by atoms with van der Waals surface area (Å²) in [6.07, 6.45) is 3.84. The van der Waals surface area contributed by atoms with E-state index in [2.05, 4.69) is 22.0 Å². The molecule has 1 atom stereocenters. The molecule has 6 heteroatoms. The fourth-order valence-electron chi connectivity index (χ4n) is 3.92. The Labute approximate surface area is 147 Å². The predicted octanol–water partition coefficient (Wildman–Crippen LogP) is 2.48. The molecule has 2 N–H and O–H groups in total. The van der Waals surface area contributed by atoms with Crippen LogP contribution in [-0.2, 0) is 0 Å². The van der Waals surface area contributed by atoms with Crippen LogP contribution < -0.4 is 0 Å². The van der Waals surface area contributed by atoms with Crippen molar-refractivity contribution in [1.29, 1.82) is 0 Å². The number of hydrogen-bond donors (Lipinski definition) is 2. The number of phenolic OH excluding ortho intramolecular Hbond substituents is 1. The number of aromatic hydroxyl groups is 1. The van der Waals surface area contributed by atoms with Gasteiger partial charge < -0.3 is 10.0 Å². The molecule has 0 radical (unpaired) electrons. The normalized spacial score (nSPS) is 22.0. The van der Waals surface area contributed by atoms with Gasteiger partial charge in [0.1, 0.15) is 11.4 Å². The van der Waals surface area contributed by atoms with Crippen LogP contribution in [0.5, 0.6) is 5.75 Å². The Morgan fingerprint density at radius 3 is 2.84 bits per heavy atom. The maximum absolute atomic E-state index is 12.6. The maximum Gasteiger partial charge on any atom is 0.271 e. The first-order valence-corrected chi connectivity index (χ1v) is 9.02. The summed E-state index contributed by atoms with van der Waals surface area (Å²) < 4.78 is 0. The Hall–Kier alpha value is -2.34. The van der Waals surface area contributed by atoms with Gasteiger partial charge in [-0.2, -0.15) is 5.10 Å². The number of likely N-dealkylation sites (tertiary alicyclic amines) is 2. The summed E-state index contributed by atoms with van der Waals surface area (Å²) in [5.41, 5.74) is 1.69. The van der Waals surface area contributed by atoms with Gasteiger partial charge in [-0.1, -0.05) is 18.6 Å². The molecule has 25 heavy (non-hydrogen) atoms. The van der Waals surface area contributed by atoms with E-state index in [0.29, 0.717) is 29.0 Å². The van der Waals surface area contributed by atoms with Crippen molar-refractivity contribution < 1.29 is 9.90 Å².